The van der Waals surface area contributed by atoms with E-state index in [-0.39, 0.29) is 23.6 Å². The third-order valence-corrected chi connectivity index (χ3v) is 4.19. The molecule has 158 valence electrons. The zero-order valence-electron chi connectivity index (χ0n) is 15.9. The predicted octanol–water partition coefficient (Wildman–Crippen LogP) is 4.90. The molecule has 0 radical (unpaired) electrons. The van der Waals surface area contributed by atoms with Crippen LogP contribution in [0.4, 0.5) is 34.8 Å². The highest BCUT2D eigenvalue weighted by molar-refractivity contribution is 6.03. The Labute approximate surface area is 168 Å². The van der Waals surface area contributed by atoms with E-state index in [9.17, 15) is 22.4 Å². The number of esters is 1. The van der Waals surface area contributed by atoms with Gasteiger partial charge in [0.2, 0.25) is 0 Å². The normalized spacial score (nSPS) is 11.4. The summed E-state index contributed by atoms with van der Waals surface area (Å²) < 4.78 is 65.7. The number of methoxy groups -OCH3 is 1. The summed E-state index contributed by atoms with van der Waals surface area (Å²) in [6.45, 7) is 1.29. The number of nitrogen functional groups attached to an aromatic ring is 1. The van der Waals surface area contributed by atoms with Crippen LogP contribution in [-0.2, 0) is 10.9 Å². The fourth-order valence-electron chi connectivity index (χ4n) is 2.96. The molecule has 0 aliphatic heterocycles. The number of nitrogens with one attached hydrogen (secondary N) is 1. The molecule has 30 heavy (non-hydrogen) atoms. The van der Waals surface area contributed by atoms with Gasteiger partial charge in [0.05, 0.1) is 30.5 Å². The van der Waals surface area contributed by atoms with E-state index in [2.05, 4.69) is 10.3 Å². The molecular weight excluding hydrogens is 406 g/mol. The van der Waals surface area contributed by atoms with Gasteiger partial charge in [0.1, 0.15) is 22.9 Å². The van der Waals surface area contributed by atoms with Crippen LogP contribution in [0.1, 0.15) is 22.8 Å². The molecule has 1 aromatic heterocycles. The second kappa shape index (κ2) is 8.05. The third kappa shape index (κ3) is 4.07. The van der Waals surface area contributed by atoms with Gasteiger partial charge in [0.15, 0.2) is 0 Å². The van der Waals surface area contributed by atoms with Crippen molar-refractivity contribution in [2.75, 3.05) is 24.8 Å². The summed E-state index contributed by atoms with van der Waals surface area (Å²) in [7, 11) is 1.35. The molecule has 0 aliphatic rings. The van der Waals surface area contributed by atoms with Crippen molar-refractivity contribution in [3.8, 4) is 5.75 Å². The van der Waals surface area contributed by atoms with Crippen LogP contribution in [-0.4, -0.2) is 24.7 Å². The number of rotatable bonds is 5. The first-order chi connectivity index (χ1) is 14.2. The smallest absolute Gasteiger partial charge is 0.418 e. The highest BCUT2D eigenvalue weighted by Crippen LogP contribution is 2.41. The number of anilines is 3. The molecule has 2 aromatic carbocycles. The Kier molecular flexibility index (Phi) is 5.68. The van der Waals surface area contributed by atoms with Gasteiger partial charge < -0.3 is 20.5 Å². The zero-order valence-corrected chi connectivity index (χ0v) is 15.9. The number of fused-ring (bicyclic) bond motifs is 1. The number of nitrogens with zero attached hydrogens (tertiary/aromatic N) is 1. The summed E-state index contributed by atoms with van der Waals surface area (Å²) in [5.41, 5.74) is 3.92. The largest absolute Gasteiger partial charge is 0.494 e. The lowest BCUT2D eigenvalue weighted by atomic mass is 10.0. The van der Waals surface area contributed by atoms with Gasteiger partial charge in [-0.25, -0.2) is 14.2 Å². The number of aromatic nitrogens is 1. The van der Waals surface area contributed by atoms with Crippen molar-refractivity contribution in [2.24, 2.45) is 0 Å². The highest BCUT2D eigenvalue weighted by atomic mass is 19.4. The first-order valence-electron chi connectivity index (χ1n) is 8.73. The lowest BCUT2D eigenvalue weighted by molar-refractivity contribution is -0.136. The van der Waals surface area contributed by atoms with Gasteiger partial charge in [-0.15, -0.1) is 0 Å². The van der Waals surface area contributed by atoms with E-state index < -0.39 is 40.3 Å². The molecule has 0 aliphatic carbocycles. The summed E-state index contributed by atoms with van der Waals surface area (Å²) in [4.78, 5) is 16.6. The second-order valence-corrected chi connectivity index (χ2v) is 6.17. The number of alkyl halides is 3. The lowest BCUT2D eigenvalue weighted by Gasteiger charge is -2.19. The molecule has 0 bridgehead atoms. The van der Waals surface area contributed by atoms with Gasteiger partial charge in [-0.1, -0.05) is 0 Å². The Morgan fingerprint density at radius 2 is 1.93 bits per heavy atom. The molecule has 0 saturated heterocycles. The Morgan fingerprint density at radius 3 is 2.57 bits per heavy atom. The van der Waals surface area contributed by atoms with Crippen LogP contribution in [0, 0.1) is 5.82 Å². The topological polar surface area (TPSA) is 86.5 Å². The minimum Gasteiger partial charge on any atom is -0.494 e. The number of hydrogen-bond acceptors (Lipinski definition) is 6. The van der Waals surface area contributed by atoms with Crippen LogP contribution in [0.25, 0.3) is 10.9 Å². The molecule has 6 nitrogen and oxygen atoms in total. The minimum atomic E-state index is -4.99. The monoisotopic (exact) mass is 423 g/mol. The molecule has 0 saturated carbocycles. The molecule has 0 fully saturated rings. The lowest BCUT2D eigenvalue weighted by Crippen LogP contribution is -2.19. The molecule has 3 rings (SSSR count). The van der Waals surface area contributed by atoms with Crippen LogP contribution in [0.2, 0.25) is 0 Å². The van der Waals surface area contributed by atoms with Gasteiger partial charge in [0.25, 0.3) is 0 Å². The van der Waals surface area contributed by atoms with Crippen molar-refractivity contribution in [1.29, 1.82) is 0 Å². The molecule has 10 heteroatoms. The number of ether oxygens (including phenoxy) is 2. The van der Waals surface area contributed by atoms with Crippen molar-refractivity contribution in [1.82, 2.24) is 4.98 Å². The molecule has 0 unspecified atom stereocenters. The average Bonchev–Trinajstić information content (AvgIpc) is 2.67. The number of pyridine rings is 1. The number of nitrogens with two attached hydrogens (primary N) is 1. The van der Waals surface area contributed by atoms with Crippen molar-refractivity contribution < 1.29 is 31.8 Å². The van der Waals surface area contributed by atoms with Gasteiger partial charge in [-0.3, -0.25) is 0 Å². The van der Waals surface area contributed by atoms with Crippen molar-refractivity contribution in [2.45, 2.75) is 13.1 Å². The van der Waals surface area contributed by atoms with Gasteiger partial charge in [-0.05, 0) is 37.3 Å². The number of carbonyl (C=O) groups excluding carboxylic acids is 1. The third-order valence-electron chi connectivity index (χ3n) is 4.19. The van der Waals surface area contributed by atoms with Gasteiger partial charge >= 0.3 is 12.1 Å². The van der Waals surface area contributed by atoms with Gasteiger partial charge in [-0.2, -0.15) is 13.2 Å². The summed E-state index contributed by atoms with van der Waals surface area (Å²) in [6, 6.07) is 7.17. The fourth-order valence-corrected chi connectivity index (χ4v) is 2.96. The van der Waals surface area contributed by atoms with Crippen molar-refractivity contribution in [3.63, 3.8) is 0 Å². The van der Waals surface area contributed by atoms with E-state index in [1.165, 1.54) is 32.2 Å². The van der Waals surface area contributed by atoms with Crippen LogP contribution in [0.15, 0.2) is 36.4 Å². The van der Waals surface area contributed by atoms with Crippen LogP contribution < -0.4 is 15.8 Å². The van der Waals surface area contributed by atoms with Crippen molar-refractivity contribution >= 4 is 34.1 Å². The molecule has 0 amide bonds. The highest BCUT2D eigenvalue weighted by Gasteiger charge is 2.40. The molecule has 0 atom stereocenters. The molecule has 3 aromatic rings. The van der Waals surface area contributed by atoms with Crippen LogP contribution >= 0.6 is 0 Å². The first kappa shape index (κ1) is 21.2. The summed E-state index contributed by atoms with van der Waals surface area (Å²) >= 11 is 0. The molecule has 0 spiro atoms. The van der Waals surface area contributed by atoms with Gasteiger partial charge in [0, 0.05) is 17.1 Å². The van der Waals surface area contributed by atoms with E-state index >= 15 is 0 Å². The van der Waals surface area contributed by atoms with Crippen molar-refractivity contribution in [3.05, 3.63) is 53.3 Å². The number of halogens is 4. The Balaban J connectivity index is 2.34. The quantitative estimate of drug-likeness (QED) is 0.345. The molecule has 3 N–H and O–H groups in total. The van der Waals surface area contributed by atoms with E-state index in [4.69, 9.17) is 15.2 Å². The average molecular weight is 423 g/mol. The minimum absolute atomic E-state index is 0.159. The number of hydrogen-bond donors (Lipinski definition) is 2. The number of benzene rings is 2. The first-order valence-corrected chi connectivity index (χ1v) is 8.73. The predicted molar refractivity (Wildman–Crippen MR) is 103 cm³/mol. The molecule has 1 heterocycles. The number of carbonyl (C=O) groups is 1. The van der Waals surface area contributed by atoms with Crippen LogP contribution in [0.5, 0.6) is 5.75 Å². The Hall–Kier alpha value is -3.56. The van der Waals surface area contributed by atoms with E-state index in [1.807, 2.05) is 0 Å². The summed E-state index contributed by atoms with van der Waals surface area (Å²) in [5.74, 6) is -2.34. The Morgan fingerprint density at radius 1 is 1.20 bits per heavy atom. The van der Waals surface area contributed by atoms with E-state index in [0.717, 1.165) is 12.1 Å². The maximum absolute atomic E-state index is 14.0. The van der Waals surface area contributed by atoms with Crippen LogP contribution in [0.3, 0.4) is 0 Å². The zero-order chi connectivity index (χ0) is 22.1. The van der Waals surface area contributed by atoms with E-state index in [1.54, 1.807) is 0 Å². The standard InChI is InChI=1S/C20H17F4N3O3/c1-3-30-19(28)16-17(20(22,23)24)12-8-10(21)4-6-13(12)26-18(16)27-14-7-5-11(25)9-15(14)29-2/h4-9H,3,25H2,1-2H3,(H,26,27). The Bertz CT molecular complexity index is 1120. The SMILES string of the molecule is CCOC(=O)c1c(Nc2ccc(N)cc2OC)nc2ccc(F)cc2c1C(F)(F)F. The second-order valence-electron chi connectivity index (χ2n) is 6.17. The summed E-state index contributed by atoms with van der Waals surface area (Å²) in [6.07, 6.45) is -4.99. The maximum Gasteiger partial charge on any atom is 0.418 e. The van der Waals surface area contributed by atoms with E-state index in [0.29, 0.717) is 11.8 Å². The fraction of sp³-hybridized carbons (Fsp3) is 0.200. The molecular formula is C20H17F4N3O3. The maximum atomic E-state index is 14.0. The summed E-state index contributed by atoms with van der Waals surface area (Å²) in [5, 5.41) is 2.14.